The molecule has 2 rings (SSSR count). The lowest BCUT2D eigenvalue weighted by Gasteiger charge is -2.15. The van der Waals surface area contributed by atoms with E-state index in [1.807, 2.05) is 0 Å². The number of ether oxygens (including phenoxy) is 2. The monoisotopic (exact) mass is 331 g/mol. The van der Waals surface area contributed by atoms with Gasteiger partial charge in [-0.15, -0.1) is 0 Å². The lowest BCUT2D eigenvalue weighted by atomic mass is 10.2. The van der Waals surface area contributed by atoms with Crippen molar-refractivity contribution in [3.05, 3.63) is 28.5 Å². The summed E-state index contributed by atoms with van der Waals surface area (Å²) in [5.41, 5.74) is 0. The fraction of sp³-hybridized carbons (Fsp3) is 0.571. The Kier molecular flexibility index (Phi) is 5.60. The van der Waals surface area contributed by atoms with Gasteiger partial charge >= 0.3 is 0 Å². The van der Waals surface area contributed by atoms with Crippen LogP contribution in [-0.4, -0.2) is 31.9 Å². The number of benzene rings is 1. The third-order valence-corrected chi connectivity index (χ3v) is 3.76. The smallest absolute Gasteiger partial charge is 0.133 e. The van der Waals surface area contributed by atoms with Gasteiger partial charge in [0.1, 0.15) is 18.2 Å². The first-order valence-corrected chi connectivity index (χ1v) is 7.42. The van der Waals surface area contributed by atoms with Crippen molar-refractivity contribution in [2.45, 2.75) is 32.0 Å². The lowest BCUT2D eigenvalue weighted by Crippen LogP contribution is -2.28. The standard InChI is InChI=1S/C14H19BrFNO2/c1-2-17-8-11-4-5-12(19-11)9-18-14-6-3-10(16)7-13(14)15/h3,6-7,11-12,17H,2,4-5,8-9H2,1H3. The molecule has 1 aliphatic rings. The number of halogens is 2. The van der Waals surface area contributed by atoms with Crippen LogP contribution in [0.5, 0.6) is 5.75 Å². The molecule has 3 nitrogen and oxygen atoms in total. The van der Waals surface area contributed by atoms with Crippen molar-refractivity contribution >= 4 is 15.9 Å². The highest BCUT2D eigenvalue weighted by Gasteiger charge is 2.25. The summed E-state index contributed by atoms with van der Waals surface area (Å²) in [7, 11) is 0. The average molecular weight is 332 g/mol. The largest absolute Gasteiger partial charge is 0.490 e. The molecule has 0 bridgehead atoms. The summed E-state index contributed by atoms with van der Waals surface area (Å²) in [5, 5.41) is 3.28. The van der Waals surface area contributed by atoms with E-state index in [-0.39, 0.29) is 18.0 Å². The minimum absolute atomic E-state index is 0.126. The quantitative estimate of drug-likeness (QED) is 0.868. The lowest BCUT2D eigenvalue weighted by molar-refractivity contribution is 0.0186. The van der Waals surface area contributed by atoms with E-state index in [0.717, 1.165) is 25.9 Å². The average Bonchev–Trinajstić information content (AvgIpc) is 2.83. The maximum Gasteiger partial charge on any atom is 0.133 e. The first kappa shape index (κ1) is 14.8. The van der Waals surface area contributed by atoms with Crippen molar-refractivity contribution in [3.8, 4) is 5.75 Å². The second-order valence-electron chi connectivity index (χ2n) is 4.65. The van der Waals surface area contributed by atoms with Crippen LogP contribution in [0.1, 0.15) is 19.8 Å². The van der Waals surface area contributed by atoms with E-state index in [1.165, 1.54) is 12.1 Å². The zero-order chi connectivity index (χ0) is 13.7. The van der Waals surface area contributed by atoms with Crippen molar-refractivity contribution in [2.75, 3.05) is 19.7 Å². The predicted molar refractivity (Wildman–Crippen MR) is 76.0 cm³/mol. The Balaban J connectivity index is 1.77. The summed E-state index contributed by atoms with van der Waals surface area (Å²) in [5.74, 6) is 0.377. The van der Waals surface area contributed by atoms with Gasteiger partial charge in [0.15, 0.2) is 0 Å². The summed E-state index contributed by atoms with van der Waals surface area (Å²) in [6.07, 6.45) is 2.48. The van der Waals surface area contributed by atoms with Crippen LogP contribution in [0.4, 0.5) is 4.39 Å². The molecular weight excluding hydrogens is 313 g/mol. The highest BCUT2D eigenvalue weighted by atomic mass is 79.9. The molecule has 19 heavy (non-hydrogen) atoms. The van der Waals surface area contributed by atoms with Crippen LogP contribution in [0.15, 0.2) is 22.7 Å². The first-order chi connectivity index (χ1) is 9.19. The molecule has 1 heterocycles. The zero-order valence-electron chi connectivity index (χ0n) is 11.0. The van der Waals surface area contributed by atoms with Gasteiger partial charge in [-0.25, -0.2) is 4.39 Å². The third kappa shape index (κ3) is 4.44. The minimum atomic E-state index is -0.276. The molecule has 0 saturated carbocycles. The molecule has 5 heteroatoms. The van der Waals surface area contributed by atoms with E-state index in [0.29, 0.717) is 16.8 Å². The summed E-state index contributed by atoms with van der Waals surface area (Å²) in [6, 6.07) is 4.42. The van der Waals surface area contributed by atoms with E-state index in [9.17, 15) is 4.39 Å². The Hall–Kier alpha value is -0.650. The Labute approximate surface area is 121 Å². The molecule has 0 aliphatic carbocycles. The third-order valence-electron chi connectivity index (χ3n) is 3.14. The highest BCUT2D eigenvalue weighted by molar-refractivity contribution is 9.10. The van der Waals surface area contributed by atoms with Crippen LogP contribution in [-0.2, 0) is 4.74 Å². The van der Waals surface area contributed by atoms with E-state index in [2.05, 4.69) is 28.2 Å². The van der Waals surface area contributed by atoms with Crippen molar-refractivity contribution < 1.29 is 13.9 Å². The number of hydrogen-bond donors (Lipinski definition) is 1. The number of nitrogens with one attached hydrogen (secondary N) is 1. The molecule has 1 aromatic rings. The van der Waals surface area contributed by atoms with Gasteiger partial charge in [-0.2, -0.15) is 0 Å². The van der Waals surface area contributed by atoms with E-state index < -0.39 is 0 Å². The van der Waals surface area contributed by atoms with Crippen molar-refractivity contribution in [1.29, 1.82) is 0 Å². The van der Waals surface area contributed by atoms with Crippen LogP contribution in [0.3, 0.4) is 0 Å². The molecule has 0 spiro atoms. The second-order valence-corrected chi connectivity index (χ2v) is 5.51. The molecule has 0 radical (unpaired) electrons. The van der Waals surface area contributed by atoms with Crippen LogP contribution < -0.4 is 10.1 Å². The Morgan fingerprint density at radius 2 is 2.21 bits per heavy atom. The Morgan fingerprint density at radius 1 is 1.42 bits per heavy atom. The maximum atomic E-state index is 12.9. The van der Waals surface area contributed by atoms with Gasteiger partial charge in [-0.3, -0.25) is 0 Å². The minimum Gasteiger partial charge on any atom is -0.490 e. The van der Waals surface area contributed by atoms with Gasteiger partial charge < -0.3 is 14.8 Å². The molecule has 0 aromatic heterocycles. The fourth-order valence-electron chi connectivity index (χ4n) is 2.13. The first-order valence-electron chi connectivity index (χ1n) is 6.63. The van der Waals surface area contributed by atoms with Gasteiger partial charge in [0.05, 0.1) is 16.7 Å². The molecule has 1 saturated heterocycles. The van der Waals surface area contributed by atoms with Gasteiger partial charge in [-0.1, -0.05) is 6.92 Å². The zero-order valence-corrected chi connectivity index (χ0v) is 12.6. The Bertz CT molecular complexity index is 416. The summed E-state index contributed by atoms with van der Waals surface area (Å²) in [4.78, 5) is 0. The maximum absolute atomic E-state index is 12.9. The van der Waals surface area contributed by atoms with Crippen LogP contribution in [0, 0.1) is 5.82 Å². The molecule has 1 fully saturated rings. The molecule has 0 amide bonds. The van der Waals surface area contributed by atoms with Gasteiger partial charge in [0, 0.05) is 6.54 Å². The number of rotatable bonds is 6. The number of likely N-dealkylation sites (N-methyl/N-ethyl adjacent to an activating group) is 1. The Morgan fingerprint density at radius 3 is 2.95 bits per heavy atom. The summed E-state index contributed by atoms with van der Waals surface area (Å²) in [6.45, 7) is 4.45. The fourth-order valence-corrected chi connectivity index (χ4v) is 2.60. The van der Waals surface area contributed by atoms with Crippen LogP contribution in [0.2, 0.25) is 0 Å². The van der Waals surface area contributed by atoms with Crippen molar-refractivity contribution in [1.82, 2.24) is 5.32 Å². The summed E-state index contributed by atoms with van der Waals surface area (Å²) < 4.78 is 25.1. The SMILES string of the molecule is CCNCC1CCC(COc2ccc(F)cc2Br)O1. The summed E-state index contributed by atoms with van der Waals surface area (Å²) >= 11 is 3.29. The highest BCUT2D eigenvalue weighted by Crippen LogP contribution is 2.27. The molecule has 2 atom stereocenters. The molecule has 1 N–H and O–H groups in total. The normalized spacial score (nSPS) is 22.7. The predicted octanol–water partition coefficient (Wildman–Crippen LogP) is 3.12. The molecule has 1 aromatic carbocycles. The number of hydrogen-bond acceptors (Lipinski definition) is 3. The van der Waals surface area contributed by atoms with Crippen molar-refractivity contribution in [2.24, 2.45) is 0 Å². The van der Waals surface area contributed by atoms with Crippen molar-refractivity contribution in [3.63, 3.8) is 0 Å². The van der Waals surface area contributed by atoms with Gasteiger partial charge in [0.25, 0.3) is 0 Å². The van der Waals surface area contributed by atoms with E-state index in [1.54, 1.807) is 6.07 Å². The van der Waals surface area contributed by atoms with Crippen LogP contribution in [0.25, 0.3) is 0 Å². The van der Waals surface area contributed by atoms with E-state index >= 15 is 0 Å². The van der Waals surface area contributed by atoms with Gasteiger partial charge in [-0.05, 0) is 53.5 Å². The second kappa shape index (κ2) is 7.22. The van der Waals surface area contributed by atoms with E-state index in [4.69, 9.17) is 9.47 Å². The molecule has 2 unspecified atom stereocenters. The van der Waals surface area contributed by atoms with Gasteiger partial charge in [0.2, 0.25) is 0 Å². The van der Waals surface area contributed by atoms with Crippen LogP contribution >= 0.6 is 15.9 Å². The molecule has 1 aliphatic heterocycles. The molecular formula is C14H19BrFNO2. The molecule has 106 valence electrons. The topological polar surface area (TPSA) is 30.5 Å².